The van der Waals surface area contributed by atoms with Crippen LogP contribution in [0.2, 0.25) is 0 Å². The van der Waals surface area contributed by atoms with E-state index < -0.39 is 11.6 Å². The second kappa shape index (κ2) is 6.28. The summed E-state index contributed by atoms with van der Waals surface area (Å²) in [5, 5.41) is 3.08. The van der Waals surface area contributed by atoms with Gasteiger partial charge < -0.3 is 10.2 Å². The maximum Gasteiger partial charge on any atom is 0.149 e. The maximum atomic E-state index is 14.3. The number of benzene rings is 1. The normalized spacial score (nSPS) is 19.0. The van der Waals surface area contributed by atoms with Crippen LogP contribution in [0, 0.1) is 11.6 Å². The minimum atomic E-state index is -0.469. The van der Waals surface area contributed by atoms with Crippen LogP contribution < -0.4 is 10.2 Å². The second-order valence-corrected chi connectivity index (χ2v) is 6.34. The lowest BCUT2D eigenvalue weighted by Crippen LogP contribution is -2.58. The van der Waals surface area contributed by atoms with E-state index in [0.29, 0.717) is 25.2 Å². The third kappa shape index (κ3) is 3.52. The minimum absolute atomic E-state index is 0.0977. The van der Waals surface area contributed by atoms with Gasteiger partial charge in [-0.05, 0) is 45.1 Å². The summed E-state index contributed by atoms with van der Waals surface area (Å²) in [7, 11) is 2.05. The van der Waals surface area contributed by atoms with Gasteiger partial charge >= 0.3 is 0 Å². The van der Waals surface area contributed by atoms with E-state index in [1.807, 2.05) is 18.9 Å². The van der Waals surface area contributed by atoms with Crippen molar-refractivity contribution in [1.82, 2.24) is 10.2 Å². The lowest BCUT2D eigenvalue weighted by Gasteiger charge is -2.46. The fraction of sp³-hybridized carbons (Fsp3) is 0.625. The number of hydrogen-bond donors (Lipinski definition) is 1. The highest BCUT2D eigenvalue weighted by Gasteiger charge is 2.33. The Labute approximate surface area is 125 Å². The Hall–Kier alpha value is -1.20. The molecule has 1 heterocycles. The Morgan fingerprint density at radius 3 is 2.33 bits per heavy atom. The quantitative estimate of drug-likeness (QED) is 0.921. The molecule has 0 spiro atoms. The highest BCUT2D eigenvalue weighted by Crippen LogP contribution is 2.29. The largest absolute Gasteiger partial charge is 0.364 e. The summed E-state index contributed by atoms with van der Waals surface area (Å²) >= 11 is 0. The first-order valence-electron chi connectivity index (χ1n) is 7.50. The zero-order valence-electron chi connectivity index (χ0n) is 13.3. The third-order valence-electron chi connectivity index (χ3n) is 4.29. The molecule has 1 saturated heterocycles. The molecule has 0 bridgehead atoms. The Bertz CT molecular complexity index is 479. The Morgan fingerprint density at radius 2 is 1.81 bits per heavy atom. The van der Waals surface area contributed by atoms with Gasteiger partial charge in [-0.15, -0.1) is 0 Å². The summed E-state index contributed by atoms with van der Waals surface area (Å²) in [5.74, 6) is -0.938. The van der Waals surface area contributed by atoms with Crippen molar-refractivity contribution in [3.05, 3.63) is 29.3 Å². The van der Waals surface area contributed by atoms with E-state index in [0.717, 1.165) is 13.1 Å². The molecule has 3 nitrogen and oxygen atoms in total. The molecule has 1 aliphatic heterocycles. The van der Waals surface area contributed by atoms with Gasteiger partial charge in [0.1, 0.15) is 17.3 Å². The van der Waals surface area contributed by atoms with Crippen LogP contribution in [0.25, 0.3) is 0 Å². The summed E-state index contributed by atoms with van der Waals surface area (Å²) in [5.41, 5.74) is 0.653. The fourth-order valence-electron chi connectivity index (χ4n) is 2.72. The molecule has 1 N–H and O–H groups in total. The number of nitrogens with one attached hydrogen (secondary N) is 1. The van der Waals surface area contributed by atoms with Gasteiger partial charge in [-0.3, -0.25) is 4.90 Å². The van der Waals surface area contributed by atoms with E-state index in [2.05, 4.69) is 24.1 Å². The van der Waals surface area contributed by atoms with Gasteiger partial charge in [-0.1, -0.05) is 6.92 Å². The molecule has 1 fully saturated rings. The van der Waals surface area contributed by atoms with Crippen LogP contribution in [0.3, 0.4) is 0 Å². The monoisotopic (exact) mass is 297 g/mol. The van der Waals surface area contributed by atoms with Gasteiger partial charge in [-0.25, -0.2) is 8.78 Å². The number of nitrogens with zero attached hydrogens (tertiary/aromatic N) is 2. The number of anilines is 1. The smallest absolute Gasteiger partial charge is 0.149 e. The van der Waals surface area contributed by atoms with Gasteiger partial charge in [0.15, 0.2) is 0 Å². The van der Waals surface area contributed by atoms with Crippen LogP contribution in [-0.2, 0) is 6.54 Å². The van der Waals surface area contributed by atoms with E-state index in [-0.39, 0.29) is 11.2 Å². The molecule has 2 rings (SSSR count). The SMILES string of the molecule is CCNCc1cc(F)c(N2CCN(C)C(C)(C)C2)c(F)c1. The molecule has 0 saturated carbocycles. The maximum absolute atomic E-state index is 14.3. The van der Waals surface area contributed by atoms with Crippen molar-refractivity contribution in [1.29, 1.82) is 0 Å². The highest BCUT2D eigenvalue weighted by molar-refractivity contribution is 5.51. The number of likely N-dealkylation sites (N-methyl/N-ethyl adjacent to an activating group) is 1. The minimum Gasteiger partial charge on any atom is -0.364 e. The first-order chi connectivity index (χ1) is 9.85. The number of piperazine rings is 1. The topological polar surface area (TPSA) is 18.5 Å². The Balaban J connectivity index is 2.24. The van der Waals surface area contributed by atoms with Crippen molar-refractivity contribution < 1.29 is 8.78 Å². The van der Waals surface area contributed by atoms with E-state index in [9.17, 15) is 8.78 Å². The zero-order chi connectivity index (χ0) is 15.6. The lowest BCUT2D eigenvalue weighted by molar-refractivity contribution is 0.138. The average Bonchev–Trinajstić information content (AvgIpc) is 2.39. The number of halogens is 2. The summed E-state index contributed by atoms with van der Waals surface area (Å²) in [6, 6.07) is 2.87. The molecule has 0 atom stereocenters. The van der Waals surface area contributed by atoms with E-state index in [4.69, 9.17) is 0 Å². The van der Waals surface area contributed by atoms with Crippen LogP contribution in [0.4, 0.5) is 14.5 Å². The summed E-state index contributed by atoms with van der Waals surface area (Å²) in [6.07, 6.45) is 0. The molecule has 0 amide bonds. The molecule has 5 heteroatoms. The van der Waals surface area contributed by atoms with Crippen LogP contribution >= 0.6 is 0 Å². The van der Waals surface area contributed by atoms with Crippen molar-refractivity contribution in [2.45, 2.75) is 32.9 Å². The molecule has 118 valence electrons. The van der Waals surface area contributed by atoms with Crippen molar-refractivity contribution in [3.63, 3.8) is 0 Å². The molecule has 1 aromatic rings. The fourth-order valence-corrected chi connectivity index (χ4v) is 2.72. The molecular weight excluding hydrogens is 272 g/mol. The van der Waals surface area contributed by atoms with Crippen molar-refractivity contribution in [2.75, 3.05) is 38.1 Å². The standard InChI is InChI=1S/C16H25F2N3/c1-5-19-10-12-8-13(17)15(14(18)9-12)21-7-6-20(4)16(2,3)11-21/h8-9,19H,5-7,10-11H2,1-4H3. The summed E-state index contributed by atoms with van der Waals surface area (Å²) < 4.78 is 28.7. The second-order valence-electron chi connectivity index (χ2n) is 6.34. The molecule has 1 aliphatic rings. The van der Waals surface area contributed by atoms with Gasteiger partial charge in [-0.2, -0.15) is 0 Å². The van der Waals surface area contributed by atoms with Crippen molar-refractivity contribution >= 4 is 5.69 Å². The predicted octanol–water partition coefficient (Wildman–Crippen LogP) is 2.60. The van der Waals surface area contributed by atoms with E-state index in [1.54, 1.807) is 0 Å². The lowest BCUT2D eigenvalue weighted by atomic mass is 9.99. The molecule has 21 heavy (non-hydrogen) atoms. The average molecular weight is 297 g/mol. The van der Waals surface area contributed by atoms with Crippen molar-refractivity contribution in [2.24, 2.45) is 0 Å². The van der Waals surface area contributed by atoms with Gasteiger partial charge in [0.25, 0.3) is 0 Å². The van der Waals surface area contributed by atoms with Crippen molar-refractivity contribution in [3.8, 4) is 0 Å². The van der Waals surface area contributed by atoms with Crippen LogP contribution in [0.5, 0.6) is 0 Å². The van der Waals surface area contributed by atoms with Gasteiger partial charge in [0, 0.05) is 31.7 Å². The third-order valence-corrected chi connectivity index (χ3v) is 4.29. The predicted molar refractivity (Wildman–Crippen MR) is 82.7 cm³/mol. The van der Waals surface area contributed by atoms with Crippen LogP contribution in [-0.4, -0.2) is 43.7 Å². The Morgan fingerprint density at radius 1 is 1.19 bits per heavy atom. The van der Waals surface area contributed by atoms with E-state index in [1.165, 1.54) is 12.1 Å². The molecule has 0 radical (unpaired) electrons. The molecule has 1 aromatic carbocycles. The highest BCUT2D eigenvalue weighted by atomic mass is 19.1. The molecule has 0 aromatic heterocycles. The molecule has 0 unspecified atom stereocenters. The Kier molecular flexibility index (Phi) is 4.84. The number of hydrogen-bond acceptors (Lipinski definition) is 3. The first-order valence-corrected chi connectivity index (χ1v) is 7.50. The molecular formula is C16H25F2N3. The first kappa shape index (κ1) is 16.2. The molecule has 0 aliphatic carbocycles. The van der Waals surface area contributed by atoms with Gasteiger partial charge in [0.05, 0.1) is 0 Å². The summed E-state index contributed by atoms with van der Waals surface area (Å²) in [4.78, 5) is 4.04. The van der Waals surface area contributed by atoms with Crippen LogP contribution in [0.15, 0.2) is 12.1 Å². The zero-order valence-corrected chi connectivity index (χ0v) is 13.3. The van der Waals surface area contributed by atoms with Crippen LogP contribution in [0.1, 0.15) is 26.3 Å². The summed E-state index contributed by atoms with van der Waals surface area (Å²) in [6.45, 7) is 9.46. The number of rotatable bonds is 4. The van der Waals surface area contributed by atoms with E-state index >= 15 is 0 Å². The van der Waals surface area contributed by atoms with Gasteiger partial charge in [0.2, 0.25) is 0 Å².